The van der Waals surface area contributed by atoms with Crippen molar-refractivity contribution in [3.05, 3.63) is 34.7 Å². The normalized spacial score (nSPS) is 21.2. The molecule has 1 atom stereocenters. The zero-order valence-electron chi connectivity index (χ0n) is 15.5. The van der Waals surface area contributed by atoms with Gasteiger partial charge in [-0.1, -0.05) is 25.5 Å². The van der Waals surface area contributed by atoms with Crippen LogP contribution in [0.4, 0.5) is 4.79 Å². The average molecular weight is 356 g/mol. The molecule has 2 aromatic rings. The highest BCUT2D eigenvalue weighted by Crippen LogP contribution is 2.28. The van der Waals surface area contributed by atoms with Crippen molar-refractivity contribution in [2.45, 2.75) is 51.6 Å². The lowest BCUT2D eigenvalue weighted by molar-refractivity contribution is 0.229. The summed E-state index contributed by atoms with van der Waals surface area (Å²) in [5, 5.41) is 3.00. The van der Waals surface area contributed by atoms with E-state index in [1.807, 2.05) is 24.3 Å². The number of benzene rings is 1. The Bertz CT molecular complexity index is 849. The SMILES string of the molecule is CCN1CCC[C@H]1CNC(=O)n1c(=O)n(CC2CCC2)c2ccccc21. The summed E-state index contributed by atoms with van der Waals surface area (Å²) >= 11 is 0. The highest BCUT2D eigenvalue weighted by Gasteiger charge is 2.26. The Kier molecular flexibility index (Phi) is 4.85. The van der Waals surface area contributed by atoms with Gasteiger partial charge in [-0.2, -0.15) is 0 Å². The van der Waals surface area contributed by atoms with Gasteiger partial charge in [0.05, 0.1) is 11.0 Å². The van der Waals surface area contributed by atoms with Gasteiger partial charge in [-0.15, -0.1) is 0 Å². The molecule has 1 aromatic heterocycles. The number of amides is 1. The standard InChI is InChI=1S/C20H28N4O2/c1-2-22-12-6-9-16(22)13-21-19(25)24-18-11-4-3-10-17(18)23(20(24)26)14-15-7-5-8-15/h3-4,10-11,15-16H,2,5-9,12-14H2,1H3,(H,21,25)/t16-/m0/s1. The zero-order valence-corrected chi connectivity index (χ0v) is 15.5. The number of fused-ring (bicyclic) bond motifs is 1. The summed E-state index contributed by atoms with van der Waals surface area (Å²) in [6, 6.07) is 7.69. The van der Waals surface area contributed by atoms with Gasteiger partial charge in [0.15, 0.2) is 0 Å². The van der Waals surface area contributed by atoms with Gasteiger partial charge in [0, 0.05) is 19.1 Å². The smallest absolute Gasteiger partial charge is 0.336 e. The third-order valence-corrected chi connectivity index (χ3v) is 6.10. The van der Waals surface area contributed by atoms with Gasteiger partial charge in [-0.3, -0.25) is 9.47 Å². The number of likely N-dealkylation sites (N-methyl/N-ethyl adjacent to an activating group) is 1. The summed E-state index contributed by atoms with van der Waals surface area (Å²) in [4.78, 5) is 28.2. The molecule has 1 amide bonds. The lowest BCUT2D eigenvalue weighted by Crippen LogP contribution is -2.44. The lowest BCUT2D eigenvalue weighted by Gasteiger charge is -2.25. The predicted octanol–water partition coefficient (Wildman–Crippen LogP) is 2.65. The van der Waals surface area contributed by atoms with E-state index in [1.165, 1.54) is 30.3 Å². The van der Waals surface area contributed by atoms with E-state index in [2.05, 4.69) is 17.1 Å². The van der Waals surface area contributed by atoms with Gasteiger partial charge >= 0.3 is 11.7 Å². The van der Waals surface area contributed by atoms with Gasteiger partial charge in [0.25, 0.3) is 0 Å². The van der Waals surface area contributed by atoms with Crippen molar-refractivity contribution >= 4 is 17.1 Å². The van der Waals surface area contributed by atoms with Gasteiger partial charge in [0.2, 0.25) is 0 Å². The molecule has 1 aliphatic heterocycles. The molecule has 0 bridgehead atoms. The first-order valence-corrected chi connectivity index (χ1v) is 9.91. The van der Waals surface area contributed by atoms with Crippen LogP contribution >= 0.6 is 0 Å². The van der Waals surface area contributed by atoms with Crippen molar-refractivity contribution in [2.24, 2.45) is 5.92 Å². The fourth-order valence-electron chi connectivity index (χ4n) is 4.34. The van der Waals surface area contributed by atoms with E-state index in [1.54, 1.807) is 4.57 Å². The molecule has 4 rings (SSSR count). The monoisotopic (exact) mass is 356 g/mol. The highest BCUT2D eigenvalue weighted by molar-refractivity contribution is 5.89. The van der Waals surface area contributed by atoms with E-state index in [0.29, 0.717) is 30.6 Å². The number of likely N-dealkylation sites (tertiary alicyclic amines) is 1. The number of para-hydroxylation sites is 2. The summed E-state index contributed by atoms with van der Waals surface area (Å²) in [6.45, 7) is 5.56. The quantitative estimate of drug-likeness (QED) is 0.896. The number of nitrogens with one attached hydrogen (secondary N) is 1. The molecule has 2 heterocycles. The summed E-state index contributed by atoms with van der Waals surface area (Å²) in [6.07, 6.45) is 5.87. The number of carbonyl (C=O) groups is 1. The van der Waals surface area contributed by atoms with Crippen LogP contribution in [0.1, 0.15) is 39.0 Å². The maximum atomic E-state index is 13.0. The second kappa shape index (κ2) is 7.27. The molecule has 6 heteroatoms. The Morgan fingerprint density at radius 1 is 1.15 bits per heavy atom. The maximum absolute atomic E-state index is 13.0. The number of rotatable bonds is 5. The largest absolute Gasteiger partial charge is 0.337 e. The number of hydrogen-bond acceptors (Lipinski definition) is 3. The molecule has 140 valence electrons. The molecule has 1 N–H and O–H groups in total. The number of imidazole rings is 1. The van der Waals surface area contributed by atoms with Crippen LogP contribution in [-0.4, -0.2) is 45.7 Å². The number of aromatic nitrogens is 2. The Morgan fingerprint density at radius 2 is 1.92 bits per heavy atom. The number of carbonyl (C=O) groups excluding carboxylic acids is 1. The lowest BCUT2D eigenvalue weighted by atomic mass is 9.85. The van der Waals surface area contributed by atoms with E-state index in [0.717, 1.165) is 25.0 Å². The van der Waals surface area contributed by atoms with Crippen LogP contribution in [0, 0.1) is 5.92 Å². The van der Waals surface area contributed by atoms with Crippen LogP contribution in [-0.2, 0) is 6.54 Å². The minimum absolute atomic E-state index is 0.214. The minimum Gasteiger partial charge on any atom is -0.336 e. The fourth-order valence-corrected chi connectivity index (χ4v) is 4.34. The third kappa shape index (κ3) is 3.07. The van der Waals surface area contributed by atoms with Crippen molar-refractivity contribution in [3.63, 3.8) is 0 Å². The van der Waals surface area contributed by atoms with Crippen LogP contribution in [0.15, 0.2) is 29.1 Å². The Balaban J connectivity index is 1.58. The van der Waals surface area contributed by atoms with E-state index in [9.17, 15) is 9.59 Å². The summed E-state index contributed by atoms with van der Waals surface area (Å²) in [7, 11) is 0. The third-order valence-electron chi connectivity index (χ3n) is 6.10. The molecule has 0 spiro atoms. The van der Waals surface area contributed by atoms with Crippen LogP contribution in [0.25, 0.3) is 11.0 Å². The Hall–Kier alpha value is -2.08. The average Bonchev–Trinajstić information content (AvgIpc) is 3.18. The first-order valence-electron chi connectivity index (χ1n) is 9.91. The van der Waals surface area contributed by atoms with E-state index in [-0.39, 0.29) is 11.7 Å². The van der Waals surface area contributed by atoms with Crippen LogP contribution in [0.3, 0.4) is 0 Å². The highest BCUT2D eigenvalue weighted by atomic mass is 16.2. The van der Waals surface area contributed by atoms with E-state index >= 15 is 0 Å². The molecular formula is C20H28N4O2. The second-order valence-corrected chi connectivity index (χ2v) is 7.62. The van der Waals surface area contributed by atoms with Crippen molar-refractivity contribution in [1.82, 2.24) is 19.4 Å². The molecule has 6 nitrogen and oxygen atoms in total. The minimum atomic E-state index is -0.304. The second-order valence-electron chi connectivity index (χ2n) is 7.62. The molecule has 0 unspecified atom stereocenters. The molecule has 0 radical (unpaired) electrons. The van der Waals surface area contributed by atoms with Gasteiger partial charge in [0.1, 0.15) is 0 Å². The van der Waals surface area contributed by atoms with Crippen LogP contribution < -0.4 is 11.0 Å². The summed E-state index contributed by atoms with van der Waals surface area (Å²) in [5.74, 6) is 0.562. The maximum Gasteiger partial charge on any atom is 0.337 e. The molecule has 26 heavy (non-hydrogen) atoms. The van der Waals surface area contributed by atoms with Crippen molar-refractivity contribution in [1.29, 1.82) is 0 Å². The van der Waals surface area contributed by atoms with Crippen molar-refractivity contribution < 1.29 is 4.79 Å². The fraction of sp³-hybridized carbons (Fsp3) is 0.600. The Morgan fingerprint density at radius 3 is 2.62 bits per heavy atom. The topological polar surface area (TPSA) is 59.3 Å². The summed E-state index contributed by atoms with van der Waals surface area (Å²) < 4.78 is 3.10. The Labute approximate surface area is 153 Å². The first-order chi connectivity index (χ1) is 12.7. The van der Waals surface area contributed by atoms with Gasteiger partial charge in [-0.05, 0) is 56.8 Å². The van der Waals surface area contributed by atoms with Gasteiger partial charge in [-0.25, -0.2) is 14.2 Å². The summed E-state index contributed by atoms with van der Waals surface area (Å²) in [5.41, 5.74) is 1.35. The van der Waals surface area contributed by atoms with E-state index in [4.69, 9.17) is 0 Å². The first kappa shape index (κ1) is 17.3. The molecule has 2 fully saturated rings. The predicted molar refractivity (Wildman–Crippen MR) is 103 cm³/mol. The number of hydrogen-bond donors (Lipinski definition) is 1. The van der Waals surface area contributed by atoms with Crippen molar-refractivity contribution in [3.8, 4) is 0 Å². The van der Waals surface area contributed by atoms with Crippen LogP contribution in [0.5, 0.6) is 0 Å². The molecule has 1 saturated heterocycles. The van der Waals surface area contributed by atoms with E-state index < -0.39 is 0 Å². The molecular weight excluding hydrogens is 328 g/mol. The molecule has 1 aromatic carbocycles. The molecule has 1 saturated carbocycles. The van der Waals surface area contributed by atoms with Gasteiger partial charge < -0.3 is 5.32 Å². The van der Waals surface area contributed by atoms with Crippen molar-refractivity contribution in [2.75, 3.05) is 19.6 Å². The molecule has 2 aliphatic rings. The molecule has 1 aliphatic carbocycles. The van der Waals surface area contributed by atoms with Crippen LogP contribution in [0.2, 0.25) is 0 Å². The number of nitrogens with zero attached hydrogens (tertiary/aromatic N) is 3. The zero-order chi connectivity index (χ0) is 18.1.